The van der Waals surface area contributed by atoms with Gasteiger partial charge in [0.15, 0.2) is 16.7 Å². The molecule has 4 aromatic rings. The standard InChI is InChI=1S/C23H23Cl2FN6O/c1-4-32-12-15(22(25)30-32)7-14-11-31(3)29-21(14)18-6-5-17(26)9-19(18)13(2)33-20-8-16(24)10-28-23(20)27/h5-6,8-13H,4,7H2,1-3H3,(H2,27,28)/t13-/m1/s1. The molecule has 0 radical (unpaired) electrons. The van der Waals surface area contributed by atoms with Gasteiger partial charge in [-0.05, 0) is 32.0 Å². The highest BCUT2D eigenvalue weighted by molar-refractivity contribution is 6.30. The van der Waals surface area contributed by atoms with Crippen molar-refractivity contribution in [2.75, 3.05) is 5.73 Å². The van der Waals surface area contributed by atoms with Gasteiger partial charge in [-0.1, -0.05) is 23.2 Å². The fourth-order valence-corrected chi connectivity index (χ4v) is 4.04. The smallest absolute Gasteiger partial charge is 0.166 e. The number of hydrogen-bond acceptors (Lipinski definition) is 5. The summed E-state index contributed by atoms with van der Waals surface area (Å²) in [7, 11) is 1.84. The monoisotopic (exact) mass is 488 g/mol. The number of halogens is 3. The van der Waals surface area contributed by atoms with Gasteiger partial charge in [0.25, 0.3) is 0 Å². The van der Waals surface area contributed by atoms with Crippen molar-refractivity contribution in [2.24, 2.45) is 7.05 Å². The third-order valence-electron chi connectivity index (χ3n) is 5.25. The third kappa shape index (κ3) is 4.96. The second-order valence-electron chi connectivity index (χ2n) is 7.68. The highest BCUT2D eigenvalue weighted by Crippen LogP contribution is 2.35. The maximum atomic E-state index is 14.3. The summed E-state index contributed by atoms with van der Waals surface area (Å²) in [6, 6.07) is 6.13. The number of nitrogens with two attached hydrogens (primary N) is 1. The molecule has 7 nitrogen and oxygen atoms in total. The molecule has 0 saturated heterocycles. The average molecular weight is 489 g/mol. The van der Waals surface area contributed by atoms with Gasteiger partial charge in [0.2, 0.25) is 0 Å². The Kier molecular flexibility index (Phi) is 6.58. The van der Waals surface area contributed by atoms with Crippen LogP contribution in [0.15, 0.2) is 42.9 Å². The number of rotatable bonds is 7. The molecule has 33 heavy (non-hydrogen) atoms. The fourth-order valence-electron chi connectivity index (χ4n) is 3.68. The lowest BCUT2D eigenvalue weighted by atomic mass is 9.96. The van der Waals surface area contributed by atoms with E-state index in [0.717, 1.165) is 23.2 Å². The number of aromatic nitrogens is 5. The molecule has 4 rings (SSSR count). The summed E-state index contributed by atoms with van der Waals surface area (Å²) in [6.07, 6.45) is 5.25. The Labute approximate surface area is 200 Å². The molecular formula is C23H23Cl2FN6O. The van der Waals surface area contributed by atoms with E-state index >= 15 is 0 Å². The largest absolute Gasteiger partial charge is 0.482 e. The molecule has 0 aliphatic carbocycles. The van der Waals surface area contributed by atoms with Crippen LogP contribution in [0.25, 0.3) is 11.3 Å². The lowest BCUT2D eigenvalue weighted by Crippen LogP contribution is -2.08. The molecule has 0 spiro atoms. The molecule has 172 valence electrons. The predicted molar refractivity (Wildman–Crippen MR) is 127 cm³/mol. The van der Waals surface area contributed by atoms with Crippen molar-refractivity contribution in [3.63, 3.8) is 0 Å². The van der Waals surface area contributed by atoms with Crippen LogP contribution in [-0.2, 0) is 20.0 Å². The highest BCUT2D eigenvalue weighted by atomic mass is 35.5. The zero-order chi connectivity index (χ0) is 23.7. The van der Waals surface area contributed by atoms with E-state index in [4.69, 9.17) is 33.7 Å². The van der Waals surface area contributed by atoms with Crippen molar-refractivity contribution in [2.45, 2.75) is 32.9 Å². The van der Waals surface area contributed by atoms with E-state index < -0.39 is 6.10 Å². The summed E-state index contributed by atoms with van der Waals surface area (Å²) in [4.78, 5) is 4.02. The van der Waals surface area contributed by atoms with Gasteiger partial charge in [-0.3, -0.25) is 9.36 Å². The Hall–Kier alpha value is -3.10. The van der Waals surface area contributed by atoms with Crippen LogP contribution in [0, 0.1) is 5.82 Å². The molecule has 0 aliphatic heterocycles. The van der Waals surface area contributed by atoms with E-state index in [-0.39, 0.29) is 11.6 Å². The molecule has 3 heterocycles. The maximum Gasteiger partial charge on any atom is 0.166 e. The lowest BCUT2D eigenvalue weighted by molar-refractivity contribution is 0.227. The summed E-state index contributed by atoms with van der Waals surface area (Å²) in [5, 5.41) is 9.81. The zero-order valence-corrected chi connectivity index (χ0v) is 19.9. The van der Waals surface area contributed by atoms with Crippen LogP contribution in [-0.4, -0.2) is 24.5 Å². The van der Waals surface area contributed by atoms with Crippen molar-refractivity contribution < 1.29 is 9.13 Å². The molecular weight excluding hydrogens is 466 g/mol. The Balaban J connectivity index is 1.73. The molecule has 0 fully saturated rings. The van der Waals surface area contributed by atoms with Gasteiger partial charge in [0.1, 0.15) is 11.9 Å². The SMILES string of the molecule is CCn1cc(Cc2cn(C)nc2-c2ccc(F)cc2[C@@H](C)Oc2cc(Cl)cnc2N)c(Cl)n1. The van der Waals surface area contributed by atoms with E-state index in [0.29, 0.717) is 33.6 Å². The van der Waals surface area contributed by atoms with Crippen LogP contribution < -0.4 is 10.5 Å². The Morgan fingerprint density at radius 1 is 1.15 bits per heavy atom. The van der Waals surface area contributed by atoms with Gasteiger partial charge in [0, 0.05) is 66.9 Å². The van der Waals surface area contributed by atoms with Crippen LogP contribution in [0.4, 0.5) is 10.2 Å². The van der Waals surface area contributed by atoms with Gasteiger partial charge < -0.3 is 10.5 Å². The predicted octanol–water partition coefficient (Wildman–Crippen LogP) is 5.46. The summed E-state index contributed by atoms with van der Waals surface area (Å²) >= 11 is 12.4. The Morgan fingerprint density at radius 2 is 1.94 bits per heavy atom. The number of ether oxygens (including phenoxy) is 1. The van der Waals surface area contributed by atoms with E-state index in [2.05, 4.69) is 15.2 Å². The van der Waals surface area contributed by atoms with Gasteiger partial charge in [-0.15, -0.1) is 0 Å². The van der Waals surface area contributed by atoms with Crippen LogP contribution >= 0.6 is 23.2 Å². The summed E-state index contributed by atoms with van der Waals surface area (Å²) in [5.74, 6) is 0.140. The zero-order valence-electron chi connectivity index (χ0n) is 18.4. The van der Waals surface area contributed by atoms with Crippen LogP contribution in [0.1, 0.15) is 36.6 Å². The van der Waals surface area contributed by atoms with Crippen LogP contribution in [0.3, 0.4) is 0 Å². The quantitative estimate of drug-likeness (QED) is 0.373. The maximum absolute atomic E-state index is 14.3. The Morgan fingerprint density at radius 3 is 2.67 bits per heavy atom. The van der Waals surface area contributed by atoms with Crippen LogP contribution in [0.2, 0.25) is 10.2 Å². The number of aryl methyl sites for hydroxylation is 2. The second kappa shape index (κ2) is 9.41. The average Bonchev–Trinajstić information content (AvgIpc) is 3.32. The van der Waals surface area contributed by atoms with Crippen molar-refractivity contribution in [1.82, 2.24) is 24.5 Å². The fraction of sp³-hybridized carbons (Fsp3) is 0.261. The van der Waals surface area contributed by atoms with Gasteiger partial charge >= 0.3 is 0 Å². The molecule has 2 N–H and O–H groups in total. The molecule has 0 amide bonds. The van der Waals surface area contributed by atoms with Gasteiger partial charge in [-0.2, -0.15) is 10.2 Å². The van der Waals surface area contributed by atoms with E-state index in [1.165, 1.54) is 18.3 Å². The van der Waals surface area contributed by atoms with E-state index in [1.807, 2.05) is 33.3 Å². The molecule has 0 aliphatic rings. The number of pyridine rings is 1. The molecule has 0 saturated carbocycles. The first kappa shape index (κ1) is 23.1. The normalized spacial score (nSPS) is 12.2. The molecule has 1 aromatic carbocycles. The van der Waals surface area contributed by atoms with Gasteiger partial charge in [-0.25, -0.2) is 9.37 Å². The minimum atomic E-state index is -0.556. The topological polar surface area (TPSA) is 83.8 Å². The number of nitrogen functional groups attached to an aromatic ring is 1. The first-order valence-electron chi connectivity index (χ1n) is 10.4. The Bertz CT molecular complexity index is 1300. The molecule has 1 atom stereocenters. The van der Waals surface area contributed by atoms with Gasteiger partial charge in [0.05, 0.1) is 10.7 Å². The molecule has 10 heteroatoms. The van der Waals surface area contributed by atoms with Crippen molar-refractivity contribution >= 4 is 29.0 Å². The second-order valence-corrected chi connectivity index (χ2v) is 8.48. The number of nitrogens with zero attached hydrogens (tertiary/aromatic N) is 5. The van der Waals surface area contributed by atoms with E-state index in [9.17, 15) is 4.39 Å². The van der Waals surface area contributed by atoms with Crippen molar-refractivity contribution in [3.05, 3.63) is 75.5 Å². The first-order chi connectivity index (χ1) is 15.7. The van der Waals surface area contributed by atoms with E-state index in [1.54, 1.807) is 21.5 Å². The number of benzene rings is 1. The third-order valence-corrected chi connectivity index (χ3v) is 5.78. The first-order valence-corrected chi connectivity index (χ1v) is 11.1. The number of anilines is 1. The van der Waals surface area contributed by atoms with Crippen molar-refractivity contribution in [1.29, 1.82) is 0 Å². The summed E-state index contributed by atoms with van der Waals surface area (Å²) < 4.78 is 23.8. The lowest BCUT2D eigenvalue weighted by Gasteiger charge is -2.19. The van der Waals surface area contributed by atoms with Crippen LogP contribution in [0.5, 0.6) is 5.75 Å². The minimum absolute atomic E-state index is 0.199. The molecule has 3 aromatic heterocycles. The number of hydrogen-bond donors (Lipinski definition) is 1. The summed E-state index contributed by atoms with van der Waals surface area (Å²) in [5.41, 5.74) is 9.81. The summed E-state index contributed by atoms with van der Waals surface area (Å²) in [6.45, 7) is 4.53. The molecule has 0 bridgehead atoms. The highest BCUT2D eigenvalue weighted by Gasteiger charge is 2.21. The van der Waals surface area contributed by atoms with Crippen molar-refractivity contribution in [3.8, 4) is 17.0 Å². The minimum Gasteiger partial charge on any atom is -0.482 e. The molecule has 0 unspecified atom stereocenters.